The second kappa shape index (κ2) is 11.7. The van der Waals surface area contributed by atoms with Gasteiger partial charge in [-0.25, -0.2) is 4.79 Å². The van der Waals surface area contributed by atoms with Crippen LogP contribution in [0.15, 0.2) is 0 Å². The highest BCUT2D eigenvalue weighted by Crippen LogP contribution is 2.65. The van der Waals surface area contributed by atoms with Crippen molar-refractivity contribution in [1.29, 1.82) is 0 Å². The lowest BCUT2D eigenvalue weighted by molar-refractivity contribution is -0.145. The molecule has 4 fully saturated rings. The number of nitrogens with zero attached hydrogens (tertiary/aromatic N) is 1. The van der Waals surface area contributed by atoms with E-state index in [0.29, 0.717) is 18.9 Å². The first-order chi connectivity index (χ1) is 19.1. The molecule has 4 rings (SSSR count). The zero-order valence-electron chi connectivity index (χ0n) is 26.2. The van der Waals surface area contributed by atoms with Crippen LogP contribution < -0.4 is 16.0 Å². The van der Waals surface area contributed by atoms with Crippen molar-refractivity contribution in [1.82, 2.24) is 20.9 Å². The fourth-order valence-electron chi connectivity index (χ4n) is 7.63. The highest BCUT2D eigenvalue weighted by molar-refractivity contribution is 6.38. The summed E-state index contributed by atoms with van der Waals surface area (Å²) < 4.78 is 0. The van der Waals surface area contributed by atoms with Gasteiger partial charge in [-0.2, -0.15) is 0 Å². The van der Waals surface area contributed by atoms with Gasteiger partial charge in [0.25, 0.3) is 0 Å². The summed E-state index contributed by atoms with van der Waals surface area (Å²) >= 11 is 0. The Morgan fingerprint density at radius 3 is 2.10 bits per heavy atom. The molecule has 0 aromatic rings. The molecule has 4 amide bonds. The molecule has 9 nitrogen and oxygen atoms in total. The lowest BCUT2D eigenvalue weighted by Gasteiger charge is -2.40. The van der Waals surface area contributed by atoms with E-state index in [2.05, 4.69) is 36.7 Å². The normalized spacial score (nSPS) is 28.0. The van der Waals surface area contributed by atoms with Gasteiger partial charge in [-0.1, -0.05) is 80.1 Å². The molecule has 1 heterocycles. The van der Waals surface area contributed by atoms with E-state index in [4.69, 9.17) is 0 Å². The number of piperidine rings is 1. The number of nitrogens with one attached hydrogen (secondary N) is 3. The molecule has 5 atom stereocenters. The van der Waals surface area contributed by atoms with Gasteiger partial charge in [-0.3, -0.25) is 19.2 Å². The minimum absolute atomic E-state index is 0.0386. The molecule has 4 aliphatic rings. The van der Waals surface area contributed by atoms with Gasteiger partial charge in [0, 0.05) is 19.0 Å². The minimum Gasteiger partial charge on any atom is -0.344 e. The molecule has 3 saturated carbocycles. The second-order valence-corrected chi connectivity index (χ2v) is 15.0. The number of carbonyl (C=O) groups excluding carboxylic acids is 5. The fraction of sp³-hybridized carbons (Fsp3) is 0.844. The Labute approximate surface area is 245 Å². The summed E-state index contributed by atoms with van der Waals surface area (Å²) in [5.74, 6) is -1.36. The van der Waals surface area contributed by atoms with Crippen molar-refractivity contribution < 1.29 is 24.0 Å². The van der Waals surface area contributed by atoms with Crippen molar-refractivity contribution in [3.63, 3.8) is 0 Å². The Bertz CT molecular complexity index is 1050. The van der Waals surface area contributed by atoms with Crippen LogP contribution in [0.4, 0.5) is 4.79 Å². The summed E-state index contributed by atoms with van der Waals surface area (Å²) in [5.41, 5.74) is -0.960. The third-order valence-electron chi connectivity index (χ3n) is 10.8. The number of rotatable bonds is 10. The quantitative estimate of drug-likeness (QED) is 0.340. The molecule has 3 aliphatic carbocycles. The molecule has 0 bridgehead atoms. The zero-order chi connectivity index (χ0) is 30.3. The van der Waals surface area contributed by atoms with E-state index in [0.717, 1.165) is 51.4 Å². The first-order valence-electron chi connectivity index (χ1n) is 15.9. The molecule has 0 spiro atoms. The largest absolute Gasteiger partial charge is 0.344 e. The van der Waals surface area contributed by atoms with Crippen LogP contribution in [0.1, 0.15) is 113 Å². The van der Waals surface area contributed by atoms with E-state index in [9.17, 15) is 24.0 Å². The summed E-state index contributed by atoms with van der Waals surface area (Å²) in [6.45, 7) is 13.7. The van der Waals surface area contributed by atoms with Crippen molar-refractivity contribution in [3.8, 4) is 0 Å². The number of amides is 4. The maximum absolute atomic E-state index is 14.2. The molecule has 1 aliphatic heterocycles. The highest BCUT2D eigenvalue weighted by atomic mass is 16.2. The van der Waals surface area contributed by atoms with Gasteiger partial charge in [0.15, 0.2) is 5.78 Å². The summed E-state index contributed by atoms with van der Waals surface area (Å²) in [6, 6.07) is -2.80. The summed E-state index contributed by atoms with van der Waals surface area (Å²) in [7, 11) is 0. The lowest BCUT2D eigenvalue weighted by Crippen LogP contribution is -2.63. The smallest absolute Gasteiger partial charge is 0.315 e. The minimum atomic E-state index is -0.869. The molecule has 1 saturated heterocycles. The molecule has 9 heteroatoms. The monoisotopic (exact) mass is 572 g/mol. The number of fused-ring (bicyclic) bond motifs is 1. The molecule has 0 aromatic carbocycles. The predicted molar refractivity (Wildman–Crippen MR) is 157 cm³/mol. The summed E-state index contributed by atoms with van der Waals surface area (Å²) in [6.07, 6.45) is 9.54. The van der Waals surface area contributed by atoms with Crippen LogP contribution in [0, 0.1) is 28.6 Å². The van der Waals surface area contributed by atoms with Crippen LogP contribution in [-0.2, 0) is 19.2 Å². The molecule has 230 valence electrons. The van der Waals surface area contributed by atoms with E-state index in [1.807, 2.05) is 20.8 Å². The number of likely N-dealkylation sites (tertiary alicyclic amines) is 1. The Hall–Kier alpha value is -2.45. The van der Waals surface area contributed by atoms with E-state index in [1.165, 1.54) is 13.3 Å². The van der Waals surface area contributed by atoms with Crippen LogP contribution in [0.5, 0.6) is 0 Å². The van der Waals surface area contributed by atoms with Gasteiger partial charge in [0.1, 0.15) is 12.1 Å². The van der Waals surface area contributed by atoms with Gasteiger partial charge < -0.3 is 20.9 Å². The van der Waals surface area contributed by atoms with E-state index in [1.54, 1.807) is 4.90 Å². The molecule has 1 unspecified atom stereocenters. The lowest BCUT2D eigenvalue weighted by atomic mass is 9.79. The van der Waals surface area contributed by atoms with Crippen molar-refractivity contribution in [2.24, 2.45) is 28.6 Å². The molecule has 41 heavy (non-hydrogen) atoms. The predicted octanol–water partition coefficient (Wildman–Crippen LogP) is 4.13. The van der Waals surface area contributed by atoms with E-state index < -0.39 is 35.1 Å². The van der Waals surface area contributed by atoms with Gasteiger partial charge >= 0.3 is 6.03 Å². The molecule has 0 aromatic heterocycles. The number of ketones is 2. The number of Topliss-reactive ketones (excluding diaryl/α,β-unsaturated/α-hetero) is 2. The standard InChI is InChI=1S/C32H52N4O5/c1-8-32(15-10-9-11-16-32)35-29(41)34-26(30(3,4)5)28(40)36-18-21-23(31(21,6)7)24(36)27(39)33-22(25(38)19(2)37)17-20-13-12-14-20/h20-24,26H,8-18H2,1-7H3,(H,33,39)(H2,34,35,41)/t21-,22?,23-,24-,26+/m0/s1. The average Bonchev–Trinajstić information content (AvgIpc) is 3.20. The van der Waals surface area contributed by atoms with Crippen LogP contribution >= 0.6 is 0 Å². The first kappa shape index (κ1) is 31.5. The third-order valence-corrected chi connectivity index (χ3v) is 10.8. The maximum atomic E-state index is 14.2. The Kier molecular flexibility index (Phi) is 8.97. The van der Waals surface area contributed by atoms with E-state index >= 15 is 0 Å². The van der Waals surface area contributed by atoms with Crippen LogP contribution in [0.2, 0.25) is 0 Å². The van der Waals surface area contributed by atoms with Crippen LogP contribution in [-0.4, -0.2) is 64.5 Å². The first-order valence-corrected chi connectivity index (χ1v) is 15.9. The van der Waals surface area contributed by atoms with Crippen molar-refractivity contribution in [2.45, 2.75) is 136 Å². The van der Waals surface area contributed by atoms with Gasteiger partial charge in [-0.05, 0) is 54.3 Å². The van der Waals surface area contributed by atoms with Gasteiger partial charge in [-0.15, -0.1) is 0 Å². The van der Waals surface area contributed by atoms with Gasteiger partial charge in [0.05, 0.1) is 6.04 Å². The molecular formula is C32H52N4O5. The molecule has 3 N–H and O–H groups in total. The summed E-state index contributed by atoms with van der Waals surface area (Å²) in [4.78, 5) is 67.8. The number of hydrogen-bond donors (Lipinski definition) is 3. The van der Waals surface area contributed by atoms with Crippen molar-refractivity contribution in [2.75, 3.05) is 6.54 Å². The second-order valence-electron chi connectivity index (χ2n) is 15.0. The van der Waals surface area contributed by atoms with Gasteiger partial charge in [0.2, 0.25) is 17.6 Å². The number of carbonyl (C=O) groups is 5. The average molecular weight is 573 g/mol. The topological polar surface area (TPSA) is 125 Å². The van der Waals surface area contributed by atoms with E-state index in [-0.39, 0.29) is 40.6 Å². The Balaban J connectivity index is 1.52. The Morgan fingerprint density at radius 2 is 1.59 bits per heavy atom. The molecule has 0 radical (unpaired) electrons. The third kappa shape index (κ3) is 6.48. The van der Waals surface area contributed by atoms with Crippen LogP contribution in [0.25, 0.3) is 0 Å². The Morgan fingerprint density at radius 1 is 0.951 bits per heavy atom. The fourth-order valence-corrected chi connectivity index (χ4v) is 7.63. The van der Waals surface area contributed by atoms with Crippen molar-refractivity contribution in [3.05, 3.63) is 0 Å². The molecular weight excluding hydrogens is 520 g/mol. The summed E-state index contributed by atoms with van der Waals surface area (Å²) in [5, 5.41) is 9.10. The number of hydrogen-bond acceptors (Lipinski definition) is 5. The SMILES string of the molecule is CCC1(NC(=O)N[C@H](C(=O)N2C[C@H]3[C@@H]([C@H]2C(=O)NC(CC2CCC2)C(=O)C(C)=O)C3(C)C)C(C)(C)C)CCCCC1. The highest BCUT2D eigenvalue weighted by Gasteiger charge is 2.70. The maximum Gasteiger partial charge on any atom is 0.315 e. The zero-order valence-corrected chi connectivity index (χ0v) is 26.2. The van der Waals surface area contributed by atoms with Crippen molar-refractivity contribution >= 4 is 29.4 Å². The number of urea groups is 1. The van der Waals surface area contributed by atoms with Crippen LogP contribution in [0.3, 0.4) is 0 Å².